The molecule has 114 valence electrons. The Morgan fingerprint density at radius 3 is 2.82 bits per heavy atom. The summed E-state index contributed by atoms with van der Waals surface area (Å²) in [5.74, 6) is -1.29. The first-order valence-corrected chi connectivity index (χ1v) is 6.17. The van der Waals surface area contributed by atoms with Crippen molar-refractivity contribution < 1.29 is 19.2 Å². The van der Waals surface area contributed by atoms with Crippen molar-refractivity contribution in [3.8, 4) is 5.69 Å². The van der Waals surface area contributed by atoms with E-state index in [2.05, 4.69) is 10.3 Å². The molecule has 0 aliphatic heterocycles. The van der Waals surface area contributed by atoms with Gasteiger partial charge in [-0.1, -0.05) is 0 Å². The van der Waals surface area contributed by atoms with Crippen LogP contribution in [0.25, 0.3) is 5.69 Å². The van der Waals surface area contributed by atoms with Gasteiger partial charge >= 0.3 is 5.97 Å². The highest BCUT2D eigenvalue weighted by Crippen LogP contribution is 2.24. The molecule has 0 radical (unpaired) electrons. The number of ether oxygens (including phenoxy) is 1. The number of hydrogen-bond donors (Lipinski definition) is 1. The largest absolute Gasteiger partial charge is 0.452 e. The first-order valence-electron chi connectivity index (χ1n) is 6.17. The molecule has 1 heterocycles. The van der Waals surface area contributed by atoms with Crippen LogP contribution >= 0.6 is 0 Å². The summed E-state index contributed by atoms with van der Waals surface area (Å²) in [4.78, 5) is 37.2. The average Bonchev–Trinajstić information content (AvgIpc) is 3.05. The maximum atomic E-state index is 11.8. The van der Waals surface area contributed by atoms with Gasteiger partial charge in [-0.25, -0.2) is 9.78 Å². The Hall–Kier alpha value is -3.23. The van der Waals surface area contributed by atoms with E-state index in [0.717, 1.165) is 6.07 Å². The Morgan fingerprint density at radius 2 is 2.23 bits per heavy atom. The van der Waals surface area contributed by atoms with Gasteiger partial charge < -0.3 is 14.6 Å². The van der Waals surface area contributed by atoms with Crippen LogP contribution < -0.4 is 5.32 Å². The summed E-state index contributed by atoms with van der Waals surface area (Å²) < 4.78 is 6.21. The van der Waals surface area contributed by atoms with E-state index in [0.29, 0.717) is 0 Å². The third kappa shape index (κ3) is 3.26. The lowest BCUT2D eigenvalue weighted by Crippen LogP contribution is -2.25. The van der Waals surface area contributed by atoms with E-state index in [9.17, 15) is 19.7 Å². The predicted molar refractivity (Wildman–Crippen MR) is 74.6 cm³/mol. The first-order chi connectivity index (χ1) is 10.5. The number of nitrogens with zero attached hydrogens (tertiary/aromatic N) is 3. The van der Waals surface area contributed by atoms with E-state index in [-0.39, 0.29) is 16.9 Å². The van der Waals surface area contributed by atoms with E-state index in [1.807, 2.05) is 0 Å². The highest BCUT2D eigenvalue weighted by Gasteiger charge is 2.19. The van der Waals surface area contributed by atoms with Crippen LogP contribution in [-0.2, 0) is 9.53 Å². The van der Waals surface area contributed by atoms with Gasteiger partial charge in [-0.2, -0.15) is 0 Å². The second kappa shape index (κ2) is 6.48. The van der Waals surface area contributed by atoms with Crippen LogP contribution in [0.15, 0.2) is 36.9 Å². The molecule has 1 amide bonds. The molecule has 1 N–H and O–H groups in total. The van der Waals surface area contributed by atoms with Crippen molar-refractivity contribution in [3.63, 3.8) is 0 Å². The fourth-order valence-corrected chi connectivity index (χ4v) is 1.70. The van der Waals surface area contributed by atoms with E-state index in [1.165, 1.54) is 36.3 Å². The molecular formula is C13H12N4O5. The number of nitro benzene ring substituents is 1. The van der Waals surface area contributed by atoms with Gasteiger partial charge in [-0.05, 0) is 12.1 Å². The Balaban J connectivity index is 2.28. The number of hydrogen-bond acceptors (Lipinski definition) is 6. The maximum Gasteiger partial charge on any atom is 0.338 e. The zero-order valence-corrected chi connectivity index (χ0v) is 11.6. The van der Waals surface area contributed by atoms with Crippen molar-refractivity contribution in [1.29, 1.82) is 0 Å². The van der Waals surface area contributed by atoms with Crippen LogP contribution in [0.5, 0.6) is 0 Å². The SMILES string of the molecule is CNC(=O)COC(=O)c1ccc(-n2ccnc2)c([N+](=O)[O-])c1. The number of esters is 1. The van der Waals surface area contributed by atoms with Crippen LogP contribution in [0.2, 0.25) is 0 Å². The minimum atomic E-state index is -0.816. The van der Waals surface area contributed by atoms with Gasteiger partial charge in [0.25, 0.3) is 11.6 Å². The zero-order valence-electron chi connectivity index (χ0n) is 11.6. The molecule has 0 unspecified atom stereocenters. The zero-order chi connectivity index (χ0) is 16.1. The molecule has 0 saturated carbocycles. The second-order valence-corrected chi connectivity index (χ2v) is 4.18. The molecule has 0 atom stereocenters. The third-order valence-corrected chi connectivity index (χ3v) is 2.80. The minimum absolute atomic E-state index is 0.0144. The monoisotopic (exact) mass is 304 g/mol. The van der Waals surface area contributed by atoms with Gasteiger partial charge in [0.05, 0.1) is 16.8 Å². The van der Waals surface area contributed by atoms with Crippen molar-refractivity contribution in [1.82, 2.24) is 14.9 Å². The van der Waals surface area contributed by atoms with Crippen LogP contribution in [0.3, 0.4) is 0 Å². The minimum Gasteiger partial charge on any atom is -0.452 e. The molecule has 2 rings (SSSR count). The summed E-state index contributed by atoms with van der Waals surface area (Å²) in [5.41, 5.74) is -0.0165. The number of likely N-dealkylation sites (N-methyl/N-ethyl adjacent to an activating group) is 1. The van der Waals surface area contributed by atoms with E-state index in [4.69, 9.17) is 4.74 Å². The normalized spacial score (nSPS) is 10.0. The van der Waals surface area contributed by atoms with Crippen LogP contribution in [0.4, 0.5) is 5.69 Å². The number of carbonyl (C=O) groups excluding carboxylic acids is 2. The number of rotatable bonds is 5. The molecule has 0 spiro atoms. The molecular weight excluding hydrogens is 292 g/mol. The fraction of sp³-hybridized carbons (Fsp3) is 0.154. The van der Waals surface area contributed by atoms with Gasteiger partial charge in [0.15, 0.2) is 6.61 Å². The summed E-state index contributed by atoms with van der Waals surface area (Å²) in [6, 6.07) is 3.90. The highest BCUT2D eigenvalue weighted by atomic mass is 16.6. The number of benzene rings is 1. The van der Waals surface area contributed by atoms with Gasteiger partial charge in [0.1, 0.15) is 5.69 Å². The van der Waals surface area contributed by atoms with Gasteiger partial charge in [0.2, 0.25) is 0 Å². The van der Waals surface area contributed by atoms with Crippen LogP contribution in [0.1, 0.15) is 10.4 Å². The maximum absolute atomic E-state index is 11.8. The summed E-state index contributed by atoms with van der Waals surface area (Å²) in [6.07, 6.45) is 4.44. The van der Waals surface area contributed by atoms with Crippen molar-refractivity contribution in [2.24, 2.45) is 0 Å². The molecule has 0 fully saturated rings. The fourth-order valence-electron chi connectivity index (χ4n) is 1.70. The molecule has 0 saturated heterocycles. The van der Waals surface area contributed by atoms with Crippen LogP contribution in [0, 0.1) is 10.1 Å². The average molecular weight is 304 g/mol. The lowest BCUT2D eigenvalue weighted by atomic mass is 10.1. The van der Waals surface area contributed by atoms with Crippen molar-refractivity contribution in [2.75, 3.05) is 13.7 Å². The van der Waals surface area contributed by atoms with Crippen molar-refractivity contribution >= 4 is 17.6 Å². The topological polar surface area (TPSA) is 116 Å². The van der Waals surface area contributed by atoms with Gasteiger partial charge in [0, 0.05) is 25.5 Å². The summed E-state index contributed by atoms with van der Waals surface area (Å²) in [6.45, 7) is -0.452. The number of amides is 1. The van der Waals surface area contributed by atoms with E-state index in [1.54, 1.807) is 6.20 Å². The molecule has 0 bridgehead atoms. The molecule has 1 aromatic heterocycles. The van der Waals surface area contributed by atoms with Gasteiger partial charge in [-0.3, -0.25) is 14.9 Å². The standard InChI is InChI=1S/C13H12N4O5/c1-14-12(18)7-22-13(19)9-2-3-10(11(6-9)17(20)21)16-5-4-15-8-16/h2-6,8H,7H2,1H3,(H,14,18). The Kier molecular flexibility index (Phi) is 4.47. The third-order valence-electron chi connectivity index (χ3n) is 2.80. The smallest absolute Gasteiger partial charge is 0.338 e. The quantitative estimate of drug-likeness (QED) is 0.493. The molecule has 9 nitrogen and oxygen atoms in total. The number of aromatic nitrogens is 2. The summed E-state index contributed by atoms with van der Waals surface area (Å²) in [5, 5.41) is 13.5. The molecule has 2 aromatic rings. The molecule has 0 aliphatic rings. The first kappa shape index (κ1) is 15.2. The number of nitrogens with one attached hydrogen (secondary N) is 1. The van der Waals surface area contributed by atoms with Crippen LogP contribution in [-0.4, -0.2) is 40.0 Å². The molecule has 0 aliphatic carbocycles. The molecule has 22 heavy (non-hydrogen) atoms. The van der Waals surface area contributed by atoms with Crippen molar-refractivity contribution in [3.05, 3.63) is 52.6 Å². The lowest BCUT2D eigenvalue weighted by molar-refractivity contribution is -0.384. The summed E-state index contributed by atoms with van der Waals surface area (Å²) in [7, 11) is 1.40. The second-order valence-electron chi connectivity index (χ2n) is 4.18. The van der Waals surface area contributed by atoms with E-state index < -0.39 is 23.4 Å². The molecule has 1 aromatic carbocycles. The Morgan fingerprint density at radius 1 is 1.45 bits per heavy atom. The lowest BCUT2D eigenvalue weighted by Gasteiger charge is -2.07. The summed E-state index contributed by atoms with van der Waals surface area (Å²) >= 11 is 0. The number of carbonyl (C=O) groups is 2. The number of nitro groups is 1. The van der Waals surface area contributed by atoms with Gasteiger partial charge in [-0.15, -0.1) is 0 Å². The Bertz CT molecular complexity index is 711. The highest BCUT2D eigenvalue weighted by molar-refractivity contribution is 5.92. The van der Waals surface area contributed by atoms with Crippen molar-refractivity contribution in [2.45, 2.75) is 0 Å². The predicted octanol–water partition coefficient (Wildman–Crippen LogP) is 0.683. The Labute approximate surface area is 124 Å². The van der Waals surface area contributed by atoms with E-state index >= 15 is 0 Å². The molecule has 9 heteroatoms. The number of imidazole rings is 1.